The van der Waals surface area contributed by atoms with Crippen LogP contribution < -0.4 is 10.1 Å². The third kappa shape index (κ3) is 5.85. The fraction of sp³-hybridized carbons (Fsp3) is 0.300. The standard InChI is InChI=1S/C20H23FN2O5S/c1-4-28-18-11-9-16(13-19(18)29(26,27)23(2)3)22-20(25)12-10-17(24)14-5-7-15(21)8-6-14/h5-9,11,13H,4,10,12H2,1-3H3,(H,22,25). The van der Waals surface area contributed by atoms with Gasteiger partial charge in [-0.25, -0.2) is 17.1 Å². The number of rotatable bonds is 9. The minimum atomic E-state index is -3.78. The summed E-state index contributed by atoms with van der Waals surface area (Å²) in [5, 5.41) is 2.59. The van der Waals surface area contributed by atoms with Gasteiger partial charge < -0.3 is 10.1 Å². The highest BCUT2D eigenvalue weighted by Gasteiger charge is 2.23. The Morgan fingerprint density at radius 3 is 2.31 bits per heavy atom. The largest absolute Gasteiger partial charge is 0.492 e. The maximum Gasteiger partial charge on any atom is 0.246 e. The van der Waals surface area contributed by atoms with Crippen molar-refractivity contribution < 1.29 is 27.1 Å². The number of hydrogen-bond donors (Lipinski definition) is 1. The zero-order chi connectivity index (χ0) is 21.6. The van der Waals surface area contributed by atoms with Crippen molar-refractivity contribution >= 4 is 27.4 Å². The van der Waals surface area contributed by atoms with E-state index in [-0.39, 0.29) is 41.6 Å². The first-order chi connectivity index (χ1) is 13.6. The van der Waals surface area contributed by atoms with E-state index in [0.29, 0.717) is 5.56 Å². The minimum absolute atomic E-state index is 0.0582. The molecule has 1 N–H and O–H groups in total. The van der Waals surface area contributed by atoms with Crippen LogP contribution in [0.2, 0.25) is 0 Å². The zero-order valence-electron chi connectivity index (χ0n) is 16.4. The number of ketones is 1. The van der Waals surface area contributed by atoms with Gasteiger partial charge in [0.1, 0.15) is 16.5 Å². The molecule has 0 aliphatic rings. The van der Waals surface area contributed by atoms with E-state index in [1.165, 1.54) is 56.6 Å². The summed E-state index contributed by atoms with van der Waals surface area (Å²) in [7, 11) is -0.981. The second-order valence-electron chi connectivity index (χ2n) is 6.36. The third-order valence-corrected chi connectivity index (χ3v) is 5.87. The van der Waals surface area contributed by atoms with Crippen LogP contribution in [0.5, 0.6) is 5.75 Å². The molecule has 2 aromatic rings. The van der Waals surface area contributed by atoms with Crippen molar-refractivity contribution in [1.82, 2.24) is 4.31 Å². The summed E-state index contributed by atoms with van der Waals surface area (Å²) in [5.74, 6) is -0.996. The summed E-state index contributed by atoms with van der Waals surface area (Å²) >= 11 is 0. The molecule has 156 valence electrons. The lowest BCUT2D eigenvalue weighted by Crippen LogP contribution is -2.23. The summed E-state index contributed by atoms with van der Waals surface area (Å²) in [6.45, 7) is 2.02. The number of nitrogens with zero attached hydrogens (tertiary/aromatic N) is 1. The van der Waals surface area contributed by atoms with Gasteiger partial charge in [0.2, 0.25) is 15.9 Å². The van der Waals surface area contributed by atoms with Crippen LogP contribution in [-0.4, -0.2) is 45.1 Å². The molecule has 0 aliphatic carbocycles. The predicted molar refractivity (Wildman–Crippen MR) is 107 cm³/mol. The monoisotopic (exact) mass is 422 g/mol. The SMILES string of the molecule is CCOc1ccc(NC(=O)CCC(=O)c2ccc(F)cc2)cc1S(=O)(=O)N(C)C. The molecule has 9 heteroatoms. The number of sulfonamides is 1. The lowest BCUT2D eigenvalue weighted by molar-refractivity contribution is -0.116. The first-order valence-corrected chi connectivity index (χ1v) is 10.4. The first-order valence-electron chi connectivity index (χ1n) is 8.93. The first kappa shape index (κ1) is 22.5. The van der Waals surface area contributed by atoms with Crippen molar-refractivity contribution in [3.05, 3.63) is 53.8 Å². The molecule has 0 spiro atoms. The van der Waals surface area contributed by atoms with Crippen LogP contribution in [0.4, 0.5) is 10.1 Å². The van der Waals surface area contributed by atoms with Crippen LogP contribution in [0.1, 0.15) is 30.1 Å². The quantitative estimate of drug-likeness (QED) is 0.627. The summed E-state index contributed by atoms with van der Waals surface area (Å²) in [5.41, 5.74) is 0.590. The maximum absolute atomic E-state index is 12.9. The van der Waals surface area contributed by atoms with Crippen molar-refractivity contribution in [1.29, 1.82) is 0 Å². The Kier molecular flexibility index (Phi) is 7.46. The smallest absolute Gasteiger partial charge is 0.246 e. The number of hydrogen-bond acceptors (Lipinski definition) is 5. The van der Waals surface area contributed by atoms with E-state index in [2.05, 4.69) is 5.32 Å². The number of carbonyl (C=O) groups is 2. The molecule has 0 aliphatic heterocycles. The number of anilines is 1. The number of halogens is 1. The van der Waals surface area contributed by atoms with Crippen molar-refractivity contribution in [2.45, 2.75) is 24.7 Å². The summed E-state index contributed by atoms with van der Waals surface area (Å²) in [6.07, 6.45) is -0.156. The molecule has 0 radical (unpaired) electrons. The molecule has 0 aromatic heterocycles. The molecule has 2 aromatic carbocycles. The molecule has 2 rings (SSSR count). The van der Waals surface area contributed by atoms with Crippen LogP contribution in [-0.2, 0) is 14.8 Å². The van der Waals surface area contributed by atoms with E-state index in [1.807, 2.05) is 0 Å². The zero-order valence-corrected chi connectivity index (χ0v) is 17.3. The predicted octanol–water partition coefficient (Wildman–Crippen LogP) is 3.08. The van der Waals surface area contributed by atoms with E-state index < -0.39 is 21.7 Å². The highest BCUT2D eigenvalue weighted by Crippen LogP contribution is 2.29. The Hall–Kier alpha value is -2.78. The van der Waals surface area contributed by atoms with Crippen LogP contribution in [0.15, 0.2) is 47.4 Å². The molecule has 0 unspecified atom stereocenters. The fourth-order valence-corrected chi connectivity index (χ4v) is 3.54. The Morgan fingerprint density at radius 1 is 1.07 bits per heavy atom. The summed E-state index contributed by atoms with van der Waals surface area (Å²) in [6, 6.07) is 9.40. The van der Waals surface area contributed by atoms with Gasteiger partial charge in [-0.15, -0.1) is 0 Å². The van der Waals surface area contributed by atoms with Crippen molar-refractivity contribution in [3.8, 4) is 5.75 Å². The highest BCUT2D eigenvalue weighted by molar-refractivity contribution is 7.89. The highest BCUT2D eigenvalue weighted by atomic mass is 32.2. The van der Waals surface area contributed by atoms with E-state index in [4.69, 9.17) is 4.74 Å². The Morgan fingerprint density at radius 2 is 1.72 bits per heavy atom. The van der Waals surface area contributed by atoms with Crippen LogP contribution in [0, 0.1) is 5.82 Å². The normalized spacial score (nSPS) is 11.3. The van der Waals surface area contributed by atoms with E-state index in [9.17, 15) is 22.4 Å². The van der Waals surface area contributed by atoms with Gasteiger partial charge in [0.05, 0.1) is 6.61 Å². The molecule has 0 atom stereocenters. The van der Waals surface area contributed by atoms with Gasteiger partial charge >= 0.3 is 0 Å². The van der Waals surface area contributed by atoms with Crippen molar-refractivity contribution in [3.63, 3.8) is 0 Å². The van der Waals surface area contributed by atoms with Gasteiger partial charge in [-0.1, -0.05) is 0 Å². The Labute approximate surface area is 169 Å². The summed E-state index contributed by atoms with van der Waals surface area (Å²) < 4.78 is 44.4. The van der Waals surface area contributed by atoms with Gasteiger partial charge in [0.25, 0.3) is 0 Å². The third-order valence-electron chi connectivity index (χ3n) is 4.03. The summed E-state index contributed by atoms with van der Waals surface area (Å²) in [4.78, 5) is 24.2. The molecule has 29 heavy (non-hydrogen) atoms. The van der Waals surface area contributed by atoms with Crippen molar-refractivity contribution in [2.24, 2.45) is 0 Å². The molecule has 1 amide bonds. The average molecular weight is 422 g/mol. The van der Waals surface area contributed by atoms with Gasteiger partial charge in [-0.2, -0.15) is 0 Å². The second-order valence-corrected chi connectivity index (χ2v) is 8.48. The lowest BCUT2D eigenvalue weighted by Gasteiger charge is -2.16. The number of nitrogens with one attached hydrogen (secondary N) is 1. The van der Waals surface area contributed by atoms with E-state index in [1.54, 1.807) is 6.92 Å². The fourth-order valence-electron chi connectivity index (χ4n) is 2.49. The Bertz CT molecular complexity index is 988. The molecule has 7 nitrogen and oxygen atoms in total. The molecule has 0 bridgehead atoms. The lowest BCUT2D eigenvalue weighted by atomic mass is 10.1. The topological polar surface area (TPSA) is 92.8 Å². The molecular formula is C20H23FN2O5S. The van der Waals surface area contributed by atoms with E-state index in [0.717, 1.165) is 4.31 Å². The van der Waals surface area contributed by atoms with Crippen molar-refractivity contribution in [2.75, 3.05) is 26.0 Å². The number of carbonyl (C=O) groups excluding carboxylic acids is 2. The van der Waals surface area contributed by atoms with Crippen LogP contribution in [0.3, 0.4) is 0 Å². The average Bonchev–Trinajstić information content (AvgIpc) is 2.67. The number of benzene rings is 2. The minimum Gasteiger partial charge on any atom is -0.492 e. The van der Waals surface area contributed by atoms with E-state index >= 15 is 0 Å². The van der Waals surface area contributed by atoms with Crippen LogP contribution in [0.25, 0.3) is 0 Å². The Balaban J connectivity index is 2.09. The maximum atomic E-state index is 12.9. The second kappa shape index (κ2) is 9.62. The number of ether oxygens (including phenoxy) is 1. The molecule has 0 saturated heterocycles. The number of amides is 1. The molecule has 0 fully saturated rings. The number of Topliss-reactive ketones (excluding diaryl/α,β-unsaturated/α-hetero) is 1. The molecule has 0 heterocycles. The van der Waals surface area contributed by atoms with Gasteiger partial charge in [-0.05, 0) is 49.4 Å². The van der Waals surface area contributed by atoms with Gasteiger partial charge in [-0.3, -0.25) is 9.59 Å². The van der Waals surface area contributed by atoms with Gasteiger partial charge in [0.15, 0.2) is 5.78 Å². The molecular weight excluding hydrogens is 399 g/mol. The van der Waals surface area contributed by atoms with Gasteiger partial charge in [0, 0.05) is 38.2 Å². The molecule has 0 saturated carbocycles. The van der Waals surface area contributed by atoms with Crippen LogP contribution >= 0.6 is 0 Å².